The van der Waals surface area contributed by atoms with Crippen molar-refractivity contribution in [3.8, 4) is 16.5 Å². The van der Waals surface area contributed by atoms with E-state index >= 15 is 0 Å². The summed E-state index contributed by atoms with van der Waals surface area (Å²) >= 11 is 0.862. The zero-order valence-electron chi connectivity index (χ0n) is 16.1. The second kappa shape index (κ2) is 8.65. The molecule has 2 aromatic carbocycles. The zero-order chi connectivity index (χ0) is 21.9. The number of aryl methyl sites for hydroxylation is 1. The molecule has 0 aliphatic carbocycles. The first-order valence-corrected chi connectivity index (χ1v) is 11.1. The van der Waals surface area contributed by atoms with Gasteiger partial charge < -0.3 is 4.74 Å². The van der Waals surface area contributed by atoms with E-state index in [0.717, 1.165) is 11.3 Å². The van der Waals surface area contributed by atoms with Crippen LogP contribution in [0.2, 0.25) is 0 Å². The third kappa shape index (κ3) is 4.35. The molecule has 1 aromatic heterocycles. The summed E-state index contributed by atoms with van der Waals surface area (Å²) in [5.41, 5.74) is 1.43. The maximum atomic E-state index is 13.5. The van der Waals surface area contributed by atoms with Gasteiger partial charge in [-0.25, -0.2) is 13.2 Å². The number of methoxy groups -OCH3 is 1. The summed E-state index contributed by atoms with van der Waals surface area (Å²) in [7, 11) is -2.91. The molecule has 0 bridgehead atoms. The fourth-order valence-electron chi connectivity index (χ4n) is 2.91. The van der Waals surface area contributed by atoms with Crippen molar-refractivity contribution in [3.05, 3.63) is 70.4 Å². The predicted molar refractivity (Wildman–Crippen MR) is 112 cm³/mol. The van der Waals surface area contributed by atoms with Crippen LogP contribution in [0, 0.1) is 16.5 Å². The van der Waals surface area contributed by atoms with Crippen molar-refractivity contribution >= 4 is 33.0 Å². The van der Waals surface area contributed by atoms with Crippen LogP contribution in [0.1, 0.15) is 28.4 Å². The Morgan fingerprint density at radius 2 is 1.97 bits per heavy atom. The molecule has 0 saturated carbocycles. The van der Waals surface area contributed by atoms with Crippen molar-refractivity contribution in [1.82, 2.24) is 0 Å². The topological polar surface area (TPSA) is 96.3 Å². The SMILES string of the molecule is CCc1ccc(C(=O)OC)cc1S(=O)(=O)Nc1cc(C#N)ccc1-c1ccc(F)s1. The highest BCUT2D eigenvalue weighted by Crippen LogP contribution is 2.35. The van der Waals surface area contributed by atoms with Gasteiger partial charge in [0, 0.05) is 10.4 Å². The van der Waals surface area contributed by atoms with Gasteiger partial charge in [-0.1, -0.05) is 19.1 Å². The summed E-state index contributed by atoms with van der Waals surface area (Å²) in [4.78, 5) is 12.3. The molecule has 0 aliphatic heterocycles. The molecule has 0 saturated heterocycles. The lowest BCUT2D eigenvalue weighted by molar-refractivity contribution is 0.0600. The lowest BCUT2D eigenvalue weighted by Gasteiger charge is -2.15. The van der Waals surface area contributed by atoms with E-state index in [9.17, 15) is 22.9 Å². The molecule has 0 spiro atoms. The summed E-state index contributed by atoms with van der Waals surface area (Å²) < 4.78 is 47.1. The Kier molecular flexibility index (Phi) is 6.20. The standard InChI is InChI=1S/C21H17FN2O4S2/c1-3-14-5-6-15(21(25)28-2)11-19(14)30(26,27)24-17-10-13(12-23)4-7-16(17)18-8-9-20(22)29-18/h4-11,24H,3H2,1-2H3. The number of hydrogen-bond acceptors (Lipinski definition) is 6. The van der Waals surface area contributed by atoms with Crippen LogP contribution in [0.15, 0.2) is 53.4 Å². The second-order valence-corrected chi connectivity index (χ2v) is 8.93. The van der Waals surface area contributed by atoms with E-state index in [4.69, 9.17) is 0 Å². The molecular weight excluding hydrogens is 427 g/mol. The Balaban J connectivity index is 2.12. The number of ether oxygens (including phenoxy) is 1. The van der Waals surface area contributed by atoms with Gasteiger partial charge in [-0.15, -0.1) is 11.3 Å². The molecular formula is C21H17FN2O4S2. The first-order chi connectivity index (χ1) is 14.3. The molecule has 0 aliphatic rings. The molecule has 3 rings (SSSR count). The monoisotopic (exact) mass is 444 g/mol. The molecule has 3 aromatic rings. The smallest absolute Gasteiger partial charge is 0.337 e. The Morgan fingerprint density at radius 3 is 2.57 bits per heavy atom. The molecule has 1 N–H and O–H groups in total. The Hall–Kier alpha value is -3.22. The number of halogens is 1. The van der Waals surface area contributed by atoms with Crippen LogP contribution < -0.4 is 4.72 Å². The fourth-order valence-corrected chi connectivity index (χ4v) is 5.09. The molecule has 30 heavy (non-hydrogen) atoms. The van der Waals surface area contributed by atoms with Crippen molar-refractivity contribution in [2.24, 2.45) is 0 Å². The van der Waals surface area contributed by atoms with E-state index in [1.54, 1.807) is 19.1 Å². The predicted octanol–water partition coefficient (Wildman–Crippen LogP) is 4.58. The number of hydrogen-bond donors (Lipinski definition) is 1. The van der Waals surface area contributed by atoms with Crippen LogP contribution >= 0.6 is 11.3 Å². The molecule has 154 valence electrons. The highest BCUT2D eigenvalue weighted by molar-refractivity contribution is 7.92. The van der Waals surface area contributed by atoms with Crippen LogP contribution in [-0.4, -0.2) is 21.5 Å². The average molecular weight is 445 g/mol. The van der Waals surface area contributed by atoms with Crippen LogP contribution in [-0.2, 0) is 21.2 Å². The van der Waals surface area contributed by atoms with E-state index in [0.29, 0.717) is 22.4 Å². The van der Waals surface area contributed by atoms with Gasteiger partial charge in [0.05, 0.1) is 34.9 Å². The molecule has 0 amide bonds. The van der Waals surface area contributed by atoms with Gasteiger partial charge in [-0.05, 0) is 48.4 Å². The maximum Gasteiger partial charge on any atom is 0.337 e. The Bertz CT molecular complexity index is 1260. The highest BCUT2D eigenvalue weighted by Gasteiger charge is 2.22. The third-order valence-electron chi connectivity index (χ3n) is 4.39. The number of esters is 1. The summed E-state index contributed by atoms with van der Waals surface area (Å²) in [5.74, 6) is -0.657. The van der Waals surface area contributed by atoms with Crippen molar-refractivity contribution in [3.63, 3.8) is 0 Å². The average Bonchev–Trinajstić information content (AvgIpc) is 3.18. The minimum absolute atomic E-state index is 0.0708. The number of sulfonamides is 1. The van der Waals surface area contributed by atoms with Gasteiger partial charge in [-0.2, -0.15) is 9.65 Å². The van der Waals surface area contributed by atoms with E-state index < -0.39 is 21.1 Å². The molecule has 0 unspecified atom stereocenters. The normalized spacial score (nSPS) is 11.0. The van der Waals surface area contributed by atoms with Crippen molar-refractivity contribution in [2.75, 3.05) is 11.8 Å². The lowest BCUT2D eigenvalue weighted by atomic mass is 10.1. The zero-order valence-corrected chi connectivity index (χ0v) is 17.7. The lowest BCUT2D eigenvalue weighted by Crippen LogP contribution is -2.17. The number of carbonyl (C=O) groups excluding carboxylic acids is 1. The molecule has 0 fully saturated rings. The highest BCUT2D eigenvalue weighted by atomic mass is 32.2. The molecule has 0 radical (unpaired) electrons. The fraction of sp³-hybridized carbons (Fsp3) is 0.143. The van der Waals surface area contributed by atoms with Crippen LogP contribution in [0.4, 0.5) is 10.1 Å². The van der Waals surface area contributed by atoms with Gasteiger partial charge in [0.1, 0.15) is 0 Å². The van der Waals surface area contributed by atoms with E-state index in [2.05, 4.69) is 9.46 Å². The van der Waals surface area contributed by atoms with E-state index in [-0.39, 0.29) is 21.7 Å². The number of nitriles is 1. The van der Waals surface area contributed by atoms with Gasteiger partial charge in [0.25, 0.3) is 10.0 Å². The Morgan fingerprint density at radius 1 is 1.20 bits per heavy atom. The van der Waals surface area contributed by atoms with Gasteiger partial charge in [-0.3, -0.25) is 4.72 Å². The summed E-state index contributed by atoms with van der Waals surface area (Å²) in [6, 6.07) is 13.6. The first-order valence-electron chi connectivity index (χ1n) is 8.83. The largest absolute Gasteiger partial charge is 0.465 e. The quantitative estimate of drug-likeness (QED) is 0.562. The van der Waals surface area contributed by atoms with E-state index in [1.165, 1.54) is 43.5 Å². The minimum Gasteiger partial charge on any atom is -0.465 e. The number of thiophene rings is 1. The third-order valence-corrected chi connectivity index (χ3v) is 6.75. The Labute approximate surface area is 177 Å². The first kappa shape index (κ1) is 21.5. The number of anilines is 1. The van der Waals surface area contributed by atoms with Crippen LogP contribution in [0.3, 0.4) is 0 Å². The minimum atomic E-state index is -4.13. The number of benzene rings is 2. The van der Waals surface area contributed by atoms with Gasteiger partial charge in [0.2, 0.25) is 0 Å². The summed E-state index contributed by atoms with van der Waals surface area (Å²) in [6.45, 7) is 1.79. The number of nitrogens with one attached hydrogen (secondary N) is 1. The van der Waals surface area contributed by atoms with Crippen molar-refractivity contribution < 1.29 is 22.3 Å². The summed E-state index contributed by atoms with van der Waals surface area (Å²) in [5, 5.41) is 8.80. The molecule has 9 heteroatoms. The molecule has 6 nitrogen and oxygen atoms in total. The van der Waals surface area contributed by atoms with Gasteiger partial charge >= 0.3 is 5.97 Å². The van der Waals surface area contributed by atoms with Crippen molar-refractivity contribution in [2.45, 2.75) is 18.2 Å². The van der Waals surface area contributed by atoms with Crippen LogP contribution in [0.5, 0.6) is 0 Å². The molecule has 1 heterocycles. The van der Waals surface area contributed by atoms with Crippen molar-refractivity contribution in [1.29, 1.82) is 5.26 Å². The van der Waals surface area contributed by atoms with E-state index in [1.807, 2.05) is 6.07 Å². The number of rotatable bonds is 6. The second-order valence-electron chi connectivity index (χ2n) is 6.25. The van der Waals surface area contributed by atoms with Crippen LogP contribution in [0.25, 0.3) is 10.4 Å². The summed E-state index contributed by atoms with van der Waals surface area (Å²) in [6.07, 6.45) is 0.416. The molecule has 0 atom stereocenters. The van der Waals surface area contributed by atoms with Gasteiger partial charge in [0.15, 0.2) is 5.13 Å². The number of carbonyl (C=O) groups is 1. The maximum absolute atomic E-state index is 13.5. The number of nitrogens with zero attached hydrogens (tertiary/aromatic N) is 1.